The monoisotopic (exact) mass is 189 g/mol. The van der Waals surface area contributed by atoms with Gasteiger partial charge in [-0.2, -0.15) is 0 Å². The number of aldehydes is 1. The Morgan fingerprint density at radius 2 is 2.07 bits per heavy atom. The van der Waals surface area contributed by atoms with Gasteiger partial charge in [-0.15, -0.1) is 0 Å². The zero-order chi connectivity index (χ0) is 10.2. The average Bonchev–Trinajstić information content (AvgIpc) is 2.61. The van der Waals surface area contributed by atoms with Crippen LogP contribution in [0, 0.1) is 0 Å². The Hall–Kier alpha value is -1.31. The highest BCUT2D eigenvalue weighted by atomic mass is 16.1. The number of nitrogens with zero attached hydrogens (tertiary/aromatic N) is 1. The van der Waals surface area contributed by atoms with E-state index in [0.29, 0.717) is 0 Å². The second-order valence-corrected chi connectivity index (χ2v) is 4.30. The summed E-state index contributed by atoms with van der Waals surface area (Å²) in [6, 6.07) is 8.30. The van der Waals surface area contributed by atoms with Crippen molar-refractivity contribution in [3.05, 3.63) is 29.8 Å². The topological polar surface area (TPSA) is 20.3 Å². The molecule has 0 amide bonds. The van der Waals surface area contributed by atoms with Crippen molar-refractivity contribution in [1.29, 1.82) is 0 Å². The van der Waals surface area contributed by atoms with Crippen LogP contribution in [-0.4, -0.2) is 18.4 Å². The minimum atomic E-state index is -0.382. The second kappa shape index (κ2) is 3.12. The minimum Gasteiger partial charge on any atom is -0.359 e. The molecule has 2 rings (SSSR count). The molecule has 0 radical (unpaired) electrons. The SMILES string of the molecule is CC(C)(C=O)N1CCc2ccccc21. The minimum absolute atomic E-state index is 0.382. The Kier molecular flexibility index (Phi) is 2.06. The summed E-state index contributed by atoms with van der Waals surface area (Å²) in [5.74, 6) is 0. The maximum atomic E-state index is 11.0. The maximum absolute atomic E-state index is 11.0. The van der Waals surface area contributed by atoms with E-state index in [1.54, 1.807) is 0 Å². The molecule has 2 heteroatoms. The molecule has 0 bridgehead atoms. The molecular weight excluding hydrogens is 174 g/mol. The first kappa shape index (κ1) is 9.25. The number of hydrogen-bond donors (Lipinski definition) is 0. The lowest BCUT2D eigenvalue weighted by molar-refractivity contribution is -0.111. The molecule has 74 valence electrons. The third-order valence-electron chi connectivity index (χ3n) is 2.87. The van der Waals surface area contributed by atoms with Crippen molar-refractivity contribution in [3.8, 4) is 0 Å². The van der Waals surface area contributed by atoms with Crippen LogP contribution in [0.4, 0.5) is 5.69 Å². The summed E-state index contributed by atoms with van der Waals surface area (Å²) in [5.41, 5.74) is 2.18. The van der Waals surface area contributed by atoms with Crippen molar-refractivity contribution in [3.63, 3.8) is 0 Å². The molecule has 0 spiro atoms. The zero-order valence-electron chi connectivity index (χ0n) is 8.66. The molecule has 0 unspecified atom stereocenters. The van der Waals surface area contributed by atoms with E-state index in [-0.39, 0.29) is 5.54 Å². The number of carbonyl (C=O) groups excluding carboxylic acids is 1. The lowest BCUT2D eigenvalue weighted by atomic mass is 10.1. The van der Waals surface area contributed by atoms with Crippen LogP contribution in [0.25, 0.3) is 0 Å². The van der Waals surface area contributed by atoms with Crippen molar-refractivity contribution < 1.29 is 4.79 Å². The van der Waals surface area contributed by atoms with Crippen molar-refractivity contribution in [2.24, 2.45) is 0 Å². The Labute approximate surface area is 84.5 Å². The molecule has 0 saturated heterocycles. The molecule has 1 aliphatic heterocycles. The summed E-state index contributed by atoms with van der Waals surface area (Å²) in [6.45, 7) is 4.87. The summed E-state index contributed by atoms with van der Waals surface area (Å²) >= 11 is 0. The van der Waals surface area contributed by atoms with Gasteiger partial charge in [0.15, 0.2) is 0 Å². The highest BCUT2D eigenvalue weighted by Gasteiger charge is 2.31. The first-order valence-corrected chi connectivity index (χ1v) is 4.97. The fourth-order valence-corrected chi connectivity index (χ4v) is 2.00. The summed E-state index contributed by atoms with van der Waals surface area (Å²) in [6.07, 6.45) is 2.07. The predicted molar refractivity (Wildman–Crippen MR) is 57.6 cm³/mol. The van der Waals surface area contributed by atoms with Crippen LogP contribution in [-0.2, 0) is 11.2 Å². The highest BCUT2D eigenvalue weighted by molar-refractivity contribution is 5.73. The molecule has 0 N–H and O–H groups in total. The molecule has 0 saturated carbocycles. The van der Waals surface area contributed by atoms with Gasteiger partial charge < -0.3 is 9.69 Å². The largest absolute Gasteiger partial charge is 0.359 e. The predicted octanol–water partition coefficient (Wildman–Crippen LogP) is 2.03. The molecule has 0 fully saturated rings. The van der Waals surface area contributed by atoms with Crippen LogP contribution in [0.2, 0.25) is 0 Å². The molecule has 1 aliphatic rings. The van der Waals surface area contributed by atoms with Crippen molar-refractivity contribution in [2.45, 2.75) is 25.8 Å². The average molecular weight is 189 g/mol. The normalized spacial score (nSPS) is 15.4. The van der Waals surface area contributed by atoms with Crippen LogP contribution in [0.3, 0.4) is 0 Å². The molecule has 1 heterocycles. The van der Waals surface area contributed by atoms with E-state index in [1.807, 2.05) is 19.9 Å². The van der Waals surface area contributed by atoms with E-state index in [2.05, 4.69) is 23.1 Å². The number of carbonyl (C=O) groups is 1. The molecule has 14 heavy (non-hydrogen) atoms. The standard InChI is InChI=1S/C12H15NO/c1-12(2,9-14)13-8-7-10-5-3-4-6-11(10)13/h3-6,9H,7-8H2,1-2H3. The van der Waals surface area contributed by atoms with Crippen LogP contribution in [0.1, 0.15) is 19.4 Å². The summed E-state index contributed by atoms with van der Waals surface area (Å²) in [5, 5.41) is 0. The van der Waals surface area contributed by atoms with Gasteiger partial charge in [-0.1, -0.05) is 18.2 Å². The number of rotatable bonds is 2. The van der Waals surface area contributed by atoms with Crippen LogP contribution >= 0.6 is 0 Å². The van der Waals surface area contributed by atoms with E-state index in [0.717, 1.165) is 19.3 Å². The first-order valence-electron chi connectivity index (χ1n) is 4.97. The first-order chi connectivity index (χ1) is 6.65. The van der Waals surface area contributed by atoms with Crippen LogP contribution in [0.5, 0.6) is 0 Å². The fourth-order valence-electron chi connectivity index (χ4n) is 2.00. The van der Waals surface area contributed by atoms with Crippen molar-refractivity contribution in [1.82, 2.24) is 0 Å². The Bertz CT molecular complexity index is 357. The summed E-state index contributed by atoms with van der Waals surface area (Å²) < 4.78 is 0. The van der Waals surface area contributed by atoms with Gasteiger partial charge in [-0.25, -0.2) is 0 Å². The Morgan fingerprint density at radius 3 is 2.79 bits per heavy atom. The fraction of sp³-hybridized carbons (Fsp3) is 0.417. The lowest BCUT2D eigenvalue weighted by Gasteiger charge is -2.32. The number of hydrogen-bond acceptors (Lipinski definition) is 2. The van der Waals surface area contributed by atoms with Gasteiger partial charge in [-0.3, -0.25) is 0 Å². The van der Waals surface area contributed by atoms with Crippen LogP contribution in [0.15, 0.2) is 24.3 Å². The molecule has 0 aromatic heterocycles. The van der Waals surface area contributed by atoms with Gasteiger partial charge >= 0.3 is 0 Å². The Morgan fingerprint density at radius 1 is 1.36 bits per heavy atom. The molecule has 0 aliphatic carbocycles. The maximum Gasteiger partial charge on any atom is 0.144 e. The molecule has 0 atom stereocenters. The molecule has 2 nitrogen and oxygen atoms in total. The van der Waals surface area contributed by atoms with Gasteiger partial charge in [0, 0.05) is 12.2 Å². The number of fused-ring (bicyclic) bond motifs is 1. The van der Waals surface area contributed by atoms with Gasteiger partial charge in [-0.05, 0) is 31.9 Å². The number of anilines is 1. The zero-order valence-corrected chi connectivity index (χ0v) is 8.66. The van der Waals surface area contributed by atoms with Gasteiger partial charge in [0.1, 0.15) is 6.29 Å². The summed E-state index contributed by atoms with van der Waals surface area (Å²) in [7, 11) is 0. The number of benzene rings is 1. The van der Waals surface area contributed by atoms with E-state index < -0.39 is 0 Å². The van der Waals surface area contributed by atoms with E-state index >= 15 is 0 Å². The van der Waals surface area contributed by atoms with Crippen molar-refractivity contribution in [2.75, 3.05) is 11.4 Å². The molecule has 1 aromatic rings. The Balaban J connectivity index is 2.39. The van der Waals surface area contributed by atoms with Gasteiger partial charge in [0.25, 0.3) is 0 Å². The van der Waals surface area contributed by atoms with Gasteiger partial charge in [0.05, 0.1) is 5.54 Å². The van der Waals surface area contributed by atoms with E-state index in [9.17, 15) is 4.79 Å². The third kappa shape index (κ3) is 1.31. The van der Waals surface area contributed by atoms with Crippen molar-refractivity contribution >= 4 is 12.0 Å². The van der Waals surface area contributed by atoms with E-state index in [4.69, 9.17) is 0 Å². The highest BCUT2D eigenvalue weighted by Crippen LogP contribution is 2.32. The molecular formula is C12H15NO. The third-order valence-corrected chi connectivity index (χ3v) is 2.87. The lowest BCUT2D eigenvalue weighted by Crippen LogP contribution is -2.44. The van der Waals surface area contributed by atoms with Gasteiger partial charge in [0.2, 0.25) is 0 Å². The van der Waals surface area contributed by atoms with Crippen LogP contribution < -0.4 is 4.90 Å². The smallest absolute Gasteiger partial charge is 0.144 e. The second-order valence-electron chi connectivity index (χ2n) is 4.30. The summed E-state index contributed by atoms with van der Waals surface area (Å²) in [4.78, 5) is 13.2. The quantitative estimate of drug-likeness (QED) is 0.663. The molecule has 1 aromatic carbocycles. The number of para-hydroxylation sites is 1. The van der Waals surface area contributed by atoms with E-state index in [1.165, 1.54) is 11.3 Å².